The number of carbonyl (C=O) groups is 1. The van der Waals surface area contributed by atoms with Crippen LogP contribution in [0.4, 0.5) is 0 Å². The van der Waals surface area contributed by atoms with E-state index in [1.54, 1.807) is 12.1 Å². The van der Waals surface area contributed by atoms with Crippen LogP contribution >= 0.6 is 11.6 Å². The van der Waals surface area contributed by atoms with Crippen LogP contribution < -0.4 is 0 Å². The van der Waals surface area contributed by atoms with Gasteiger partial charge < -0.3 is 13.9 Å². The average molecular weight is 251 g/mol. The van der Waals surface area contributed by atoms with Gasteiger partial charge in [0.1, 0.15) is 5.58 Å². The number of benzene rings is 1. The number of rotatable bonds is 2. The van der Waals surface area contributed by atoms with Crippen LogP contribution in [0, 0.1) is 0 Å². The Kier molecular flexibility index (Phi) is 2.12. The maximum Gasteiger partial charge on any atom is 0.307 e. The maximum atomic E-state index is 10.9. The third kappa shape index (κ3) is 1.41. The highest BCUT2D eigenvalue weighted by Gasteiger charge is 2.18. The van der Waals surface area contributed by atoms with Gasteiger partial charge in [0, 0.05) is 16.3 Å². The highest BCUT2D eigenvalue weighted by atomic mass is 35.5. The monoisotopic (exact) mass is 250 g/mol. The van der Waals surface area contributed by atoms with Crippen LogP contribution in [0.1, 0.15) is 5.56 Å². The van der Waals surface area contributed by atoms with Crippen molar-refractivity contribution >= 4 is 39.5 Å². The molecule has 4 nitrogen and oxygen atoms in total. The largest absolute Gasteiger partial charge is 0.481 e. The quantitative estimate of drug-likeness (QED) is 0.756. The molecular weight excluding hydrogens is 244 g/mol. The Morgan fingerprint density at radius 3 is 2.53 bits per heavy atom. The Hall–Kier alpha value is -1.94. The molecule has 1 N–H and O–H groups in total. The number of fused-ring (bicyclic) bond motifs is 2. The summed E-state index contributed by atoms with van der Waals surface area (Å²) in [5.74, 6) is -0.924. The molecule has 2 heterocycles. The molecule has 0 saturated carbocycles. The van der Waals surface area contributed by atoms with Gasteiger partial charge in [0.05, 0.1) is 24.0 Å². The van der Waals surface area contributed by atoms with E-state index in [1.807, 2.05) is 0 Å². The number of carboxylic acid groups (broad SMARTS) is 1. The smallest absolute Gasteiger partial charge is 0.307 e. The van der Waals surface area contributed by atoms with E-state index in [0.29, 0.717) is 32.5 Å². The first kappa shape index (κ1) is 10.2. The van der Waals surface area contributed by atoms with E-state index in [4.69, 9.17) is 25.5 Å². The van der Waals surface area contributed by atoms with Crippen molar-refractivity contribution in [3.8, 4) is 0 Å². The van der Waals surface area contributed by atoms with E-state index in [1.165, 1.54) is 12.5 Å². The zero-order valence-electron chi connectivity index (χ0n) is 8.57. The molecule has 1 aromatic carbocycles. The van der Waals surface area contributed by atoms with Crippen molar-refractivity contribution in [3.63, 3.8) is 0 Å². The van der Waals surface area contributed by atoms with Crippen LogP contribution in [0.2, 0.25) is 5.02 Å². The van der Waals surface area contributed by atoms with Gasteiger partial charge in [0.15, 0.2) is 5.58 Å². The van der Waals surface area contributed by atoms with Crippen LogP contribution in [0.5, 0.6) is 0 Å². The Bertz CT molecular complexity index is 671. The highest BCUT2D eigenvalue weighted by Crippen LogP contribution is 2.37. The second-order valence-corrected chi connectivity index (χ2v) is 4.07. The first-order valence-electron chi connectivity index (χ1n) is 4.95. The van der Waals surface area contributed by atoms with E-state index in [-0.39, 0.29) is 6.42 Å². The van der Waals surface area contributed by atoms with Gasteiger partial charge in [-0.05, 0) is 12.1 Å². The standard InChI is InChI=1S/C12H7ClO4/c13-10-7-2-4-16-11(7)8(5-9(14)15)6-1-3-17-12(6)10/h1-4H,5H2,(H,14,15). The summed E-state index contributed by atoms with van der Waals surface area (Å²) in [5.41, 5.74) is 1.59. The molecule has 0 amide bonds. The Morgan fingerprint density at radius 1 is 1.18 bits per heavy atom. The van der Waals surface area contributed by atoms with Crippen molar-refractivity contribution in [1.29, 1.82) is 0 Å². The van der Waals surface area contributed by atoms with Gasteiger partial charge in [-0.2, -0.15) is 0 Å². The normalized spacial score (nSPS) is 11.4. The molecule has 0 saturated heterocycles. The first-order chi connectivity index (χ1) is 8.18. The van der Waals surface area contributed by atoms with Gasteiger partial charge >= 0.3 is 5.97 Å². The van der Waals surface area contributed by atoms with Crippen LogP contribution in [0.3, 0.4) is 0 Å². The zero-order chi connectivity index (χ0) is 12.0. The summed E-state index contributed by atoms with van der Waals surface area (Å²) in [4.78, 5) is 10.9. The van der Waals surface area contributed by atoms with E-state index in [9.17, 15) is 4.79 Å². The fourth-order valence-electron chi connectivity index (χ4n) is 2.00. The summed E-state index contributed by atoms with van der Waals surface area (Å²) in [7, 11) is 0. The topological polar surface area (TPSA) is 63.6 Å². The highest BCUT2D eigenvalue weighted by molar-refractivity contribution is 6.40. The summed E-state index contributed by atoms with van der Waals surface area (Å²) in [6, 6.07) is 3.40. The minimum atomic E-state index is -0.924. The summed E-state index contributed by atoms with van der Waals surface area (Å²) in [6.07, 6.45) is 2.85. The van der Waals surface area contributed by atoms with Crippen molar-refractivity contribution in [2.45, 2.75) is 6.42 Å². The lowest BCUT2D eigenvalue weighted by molar-refractivity contribution is -0.136. The summed E-state index contributed by atoms with van der Waals surface area (Å²) >= 11 is 6.16. The number of furan rings is 2. The van der Waals surface area contributed by atoms with Gasteiger partial charge in [-0.3, -0.25) is 4.79 Å². The molecule has 0 aliphatic carbocycles. The van der Waals surface area contributed by atoms with Crippen molar-refractivity contribution in [3.05, 3.63) is 35.2 Å². The Balaban J connectivity index is 2.47. The summed E-state index contributed by atoms with van der Waals surface area (Å²) in [6.45, 7) is 0. The fraction of sp³-hybridized carbons (Fsp3) is 0.0833. The molecule has 0 aliphatic rings. The van der Waals surface area contributed by atoms with E-state index < -0.39 is 5.97 Å². The zero-order valence-corrected chi connectivity index (χ0v) is 9.32. The lowest BCUT2D eigenvalue weighted by atomic mass is 10.0. The van der Waals surface area contributed by atoms with Crippen LogP contribution in [0.15, 0.2) is 33.5 Å². The average Bonchev–Trinajstić information content (AvgIpc) is 2.92. The molecular formula is C12H7ClO4. The minimum absolute atomic E-state index is 0.128. The molecule has 3 aromatic rings. The summed E-state index contributed by atoms with van der Waals surface area (Å²) in [5, 5.41) is 10.7. The Morgan fingerprint density at radius 2 is 1.82 bits per heavy atom. The van der Waals surface area contributed by atoms with Crippen LogP contribution in [0.25, 0.3) is 21.9 Å². The molecule has 0 radical (unpaired) electrons. The third-order valence-electron chi connectivity index (χ3n) is 2.69. The molecule has 0 aliphatic heterocycles. The lowest BCUT2D eigenvalue weighted by Gasteiger charge is -2.03. The van der Waals surface area contributed by atoms with Crippen LogP contribution in [-0.2, 0) is 11.2 Å². The second kappa shape index (κ2) is 3.53. The minimum Gasteiger partial charge on any atom is -0.481 e. The molecule has 0 unspecified atom stereocenters. The van der Waals surface area contributed by atoms with E-state index in [0.717, 1.165) is 0 Å². The number of carboxylic acids is 1. The number of hydrogen-bond donors (Lipinski definition) is 1. The predicted molar refractivity (Wildman–Crippen MR) is 62.3 cm³/mol. The molecule has 5 heteroatoms. The Labute approximate surface area is 100 Å². The van der Waals surface area contributed by atoms with Gasteiger partial charge in [-0.15, -0.1) is 0 Å². The first-order valence-corrected chi connectivity index (χ1v) is 5.33. The van der Waals surface area contributed by atoms with Crippen molar-refractivity contribution < 1.29 is 18.7 Å². The molecule has 0 atom stereocenters. The van der Waals surface area contributed by atoms with Crippen LogP contribution in [-0.4, -0.2) is 11.1 Å². The molecule has 0 fully saturated rings. The SMILES string of the molecule is O=C(O)Cc1c2ccoc2c(Cl)c2ccoc12. The molecule has 86 valence electrons. The second-order valence-electron chi connectivity index (χ2n) is 3.69. The van der Waals surface area contributed by atoms with Crippen molar-refractivity contribution in [1.82, 2.24) is 0 Å². The number of halogens is 1. The predicted octanol–water partition coefficient (Wildman–Crippen LogP) is 3.46. The number of hydrogen-bond acceptors (Lipinski definition) is 3. The molecule has 3 rings (SSSR count). The van der Waals surface area contributed by atoms with Crippen molar-refractivity contribution in [2.24, 2.45) is 0 Å². The van der Waals surface area contributed by atoms with Gasteiger partial charge in [0.25, 0.3) is 0 Å². The molecule has 2 aromatic heterocycles. The maximum absolute atomic E-state index is 10.9. The van der Waals surface area contributed by atoms with E-state index in [2.05, 4.69) is 0 Å². The summed E-state index contributed by atoms with van der Waals surface area (Å²) < 4.78 is 10.6. The van der Waals surface area contributed by atoms with E-state index >= 15 is 0 Å². The fourth-order valence-corrected chi connectivity index (χ4v) is 2.30. The van der Waals surface area contributed by atoms with Gasteiger partial charge in [-0.25, -0.2) is 0 Å². The lowest BCUT2D eigenvalue weighted by Crippen LogP contribution is -2.00. The molecule has 0 spiro atoms. The number of aliphatic carboxylic acids is 1. The van der Waals surface area contributed by atoms with Crippen molar-refractivity contribution in [2.75, 3.05) is 0 Å². The van der Waals surface area contributed by atoms with Gasteiger partial charge in [-0.1, -0.05) is 11.6 Å². The van der Waals surface area contributed by atoms with Gasteiger partial charge in [0.2, 0.25) is 0 Å². The molecule has 17 heavy (non-hydrogen) atoms. The third-order valence-corrected chi connectivity index (χ3v) is 3.07. The molecule has 0 bridgehead atoms.